The van der Waals surface area contributed by atoms with Crippen molar-refractivity contribution in [2.45, 2.75) is 38.1 Å². The highest BCUT2D eigenvalue weighted by Crippen LogP contribution is 2.46. The number of aliphatic hydroxyl groups is 1. The van der Waals surface area contributed by atoms with E-state index in [1.165, 1.54) is 0 Å². The quantitative estimate of drug-likeness (QED) is 0.571. The minimum atomic E-state index is -1.78. The smallest absolute Gasteiger partial charge is 0.342 e. The highest BCUT2D eigenvalue weighted by Gasteiger charge is 2.54. The lowest BCUT2D eigenvalue weighted by molar-refractivity contribution is -0.173. The Morgan fingerprint density at radius 2 is 2.10 bits per heavy atom. The van der Waals surface area contributed by atoms with Gasteiger partial charge in [-0.3, -0.25) is 4.79 Å². The third-order valence-electron chi connectivity index (χ3n) is 6.63. The van der Waals surface area contributed by atoms with E-state index in [2.05, 4.69) is 0 Å². The number of rotatable bonds is 3. The molecule has 3 atom stereocenters. The number of hydrogen-bond donors (Lipinski definition) is 2. The molecule has 5 rings (SSSR count). The molecule has 0 radical (unpaired) electrons. The van der Waals surface area contributed by atoms with Gasteiger partial charge in [-0.05, 0) is 49.9 Å². The zero-order valence-electron chi connectivity index (χ0n) is 17.8. The Bertz CT molecular complexity index is 1160. The Balaban J connectivity index is 1.66. The topological polar surface area (TPSA) is 103 Å². The largest absolute Gasteiger partial charge is 0.508 e. The number of hydrogen-bond acceptors (Lipinski definition) is 7. The summed E-state index contributed by atoms with van der Waals surface area (Å²) in [4.78, 5) is 34.1. The normalized spacial score (nSPS) is 27.1. The molecule has 3 aliphatic heterocycles. The summed E-state index contributed by atoms with van der Waals surface area (Å²) >= 11 is 0. The van der Waals surface area contributed by atoms with Crippen LogP contribution in [0.5, 0.6) is 5.75 Å². The van der Waals surface area contributed by atoms with E-state index in [9.17, 15) is 19.8 Å². The summed E-state index contributed by atoms with van der Waals surface area (Å²) in [7, 11) is 3.87. The molecule has 8 heteroatoms. The van der Waals surface area contributed by atoms with Crippen LogP contribution in [0.1, 0.15) is 36.2 Å². The monoisotopic (exact) mass is 423 g/mol. The van der Waals surface area contributed by atoms with Crippen LogP contribution in [0, 0.1) is 5.92 Å². The van der Waals surface area contributed by atoms with E-state index >= 15 is 0 Å². The number of ether oxygens (including phenoxy) is 1. The van der Waals surface area contributed by atoms with E-state index in [4.69, 9.17) is 9.72 Å². The van der Waals surface area contributed by atoms with Crippen molar-refractivity contribution in [3.8, 4) is 5.75 Å². The zero-order chi connectivity index (χ0) is 22.1. The molecule has 4 heterocycles. The van der Waals surface area contributed by atoms with Gasteiger partial charge in [-0.15, -0.1) is 0 Å². The number of nitrogens with zero attached hydrogens (tertiary/aromatic N) is 3. The fourth-order valence-corrected chi connectivity index (χ4v) is 4.98. The number of esters is 1. The number of pyridine rings is 1. The average Bonchev–Trinajstić information content (AvgIpc) is 3.10. The van der Waals surface area contributed by atoms with Gasteiger partial charge in [-0.2, -0.15) is 0 Å². The number of aromatic hydroxyl groups is 1. The predicted octanol–water partition coefficient (Wildman–Crippen LogP) is 1.64. The molecule has 3 aliphatic rings. The zero-order valence-corrected chi connectivity index (χ0v) is 17.8. The van der Waals surface area contributed by atoms with Crippen molar-refractivity contribution >= 4 is 22.8 Å². The number of aromatic nitrogens is 1. The predicted molar refractivity (Wildman–Crippen MR) is 112 cm³/mol. The van der Waals surface area contributed by atoms with Crippen molar-refractivity contribution in [3.63, 3.8) is 0 Å². The van der Waals surface area contributed by atoms with Crippen molar-refractivity contribution in [3.05, 3.63) is 46.7 Å². The molecule has 1 aromatic carbocycles. The molecule has 8 nitrogen and oxygen atoms in total. The lowest BCUT2D eigenvalue weighted by Crippen LogP contribution is -2.55. The molecule has 31 heavy (non-hydrogen) atoms. The molecule has 1 saturated heterocycles. The third-order valence-corrected chi connectivity index (χ3v) is 6.63. The molecule has 1 aromatic heterocycles. The fraction of sp³-hybridized carbons (Fsp3) is 0.435. The van der Waals surface area contributed by atoms with Crippen LogP contribution in [-0.2, 0) is 27.4 Å². The van der Waals surface area contributed by atoms with Crippen molar-refractivity contribution in [1.82, 2.24) is 14.8 Å². The molecule has 2 aromatic rings. The Morgan fingerprint density at radius 1 is 1.32 bits per heavy atom. The van der Waals surface area contributed by atoms with Crippen LogP contribution in [0.15, 0.2) is 29.8 Å². The number of phenolic OH excluding ortho intramolecular Hbond substituents is 1. The molecule has 162 valence electrons. The molecule has 0 spiro atoms. The number of carbonyl (C=O) groups excluding carboxylic acids is 2. The molecule has 1 amide bonds. The molecule has 1 fully saturated rings. The molecule has 2 unspecified atom stereocenters. The Labute approximate surface area is 179 Å². The number of amides is 1. The van der Waals surface area contributed by atoms with E-state index in [1.54, 1.807) is 24.0 Å². The molecule has 0 saturated carbocycles. The first-order chi connectivity index (χ1) is 14.7. The maximum absolute atomic E-state index is 13.3. The van der Waals surface area contributed by atoms with Crippen molar-refractivity contribution < 1.29 is 24.5 Å². The Hall–Kier alpha value is -2.97. The van der Waals surface area contributed by atoms with Crippen LogP contribution in [-0.4, -0.2) is 63.2 Å². The van der Waals surface area contributed by atoms with Gasteiger partial charge < -0.3 is 24.7 Å². The number of cyclic esters (lactones) is 1. The fourth-order valence-electron chi connectivity index (χ4n) is 4.98. The summed E-state index contributed by atoms with van der Waals surface area (Å²) in [5.41, 5.74) is 1.81. The van der Waals surface area contributed by atoms with Gasteiger partial charge in [-0.1, -0.05) is 13.0 Å². The highest BCUT2D eigenvalue weighted by atomic mass is 16.6. The first kappa shape index (κ1) is 20.0. The number of fused-ring (bicyclic) bond motifs is 5. The first-order valence-corrected chi connectivity index (χ1v) is 10.5. The third kappa shape index (κ3) is 2.78. The standard InChI is InChI=1S/C23H25N3O5/c1-4-23(30)16-8-18-20-12(9-26(18)21(28)15(16)11-31-22(23)29)7-13-14(10-25(2)3)19(27)6-5-17(13)24-20/h5-8,15,18,27,30H,4,9-11H2,1-3H3/t15?,18?,23-/m0/s1. The van der Waals surface area contributed by atoms with Crippen LogP contribution >= 0.6 is 0 Å². The van der Waals surface area contributed by atoms with Crippen molar-refractivity contribution in [2.24, 2.45) is 5.92 Å². The molecular formula is C23H25N3O5. The van der Waals surface area contributed by atoms with E-state index in [-0.39, 0.29) is 24.7 Å². The second kappa shape index (κ2) is 6.77. The Morgan fingerprint density at radius 3 is 2.81 bits per heavy atom. The summed E-state index contributed by atoms with van der Waals surface area (Å²) in [5, 5.41) is 22.2. The SMILES string of the molecule is CC[C@@]1(O)C(=O)OCC2C(=O)N3Cc4cc5c(CN(C)C)c(O)ccc5nc4C3C=C21. The van der Waals surface area contributed by atoms with Gasteiger partial charge in [0.05, 0.1) is 23.2 Å². The lowest BCUT2D eigenvalue weighted by Gasteiger charge is -2.42. The summed E-state index contributed by atoms with van der Waals surface area (Å²) in [6.45, 7) is 2.60. The number of carbonyl (C=O) groups is 2. The highest BCUT2D eigenvalue weighted by molar-refractivity contribution is 5.93. The molecule has 2 N–H and O–H groups in total. The number of phenols is 1. The van der Waals surface area contributed by atoms with Gasteiger partial charge >= 0.3 is 5.97 Å². The summed E-state index contributed by atoms with van der Waals surface area (Å²) in [6.07, 6.45) is 1.96. The Kier molecular flexibility index (Phi) is 4.36. The molecule has 0 bridgehead atoms. The van der Waals surface area contributed by atoms with E-state index < -0.39 is 23.5 Å². The van der Waals surface area contributed by atoms with Crippen LogP contribution in [0.4, 0.5) is 0 Å². The van der Waals surface area contributed by atoms with Crippen molar-refractivity contribution in [1.29, 1.82) is 0 Å². The van der Waals surface area contributed by atoms with E-state index in [0.29, 0.717) is 18.7 Å². The van der Waals surface area contributed by atoms with Gasteiger partial charge in [0.25, 0.3) is 0 Å². The van der Waals surface area contributed by atoms with E-state index in [1.807, 2.05) is 31.1 Å². The average molecular weight is 423 g/mol. The molecule has 0 aliphatic carbocycles. The van der Waals surface area contributed by atoms with Gasteiger partial charge in [0, 0.05) is 24.0 Å². The maximum atomic E-state index is 13.3. The lowest BCUT2D eigenvalue weighted by atomic mass is 9.76. The van der Waals surface area contributed by atoms with Crippen LogP contribution < -0.4 is 0 Å². The summed E-state index contributed by atoms with van der Waals surface area (Å²) < 4.78 is 5.15. The van der Waals surface area contributed by atoms with Crippen LogP contribution in [0.25, 0.3) is 10.9 Å². The minimum Gasteiger partial charge on any atom is -0.508 e. The van der Waals surface area contributed by atoms with Gasteiger partial charge in [0.2, 0.25) is 5.91 Å². The maximum Gasteiger partial charge on any atom is 0.342 e. The second-order valence-corrected chi connectivity index (χ2v) is 8.80. The van der Waals surface area contributed by atoms with Crippen LogP contribution in [0.3, 0.4) is 0 Å². The molecular weight excluding hydrogens is 398 g/mol. The van der Waals surface area contributed by atoms with Gasteiger partial charge in [0.1, 0.15) is 12.4 Å². The van der Waals surface area contributed by atoms with Crippen LogP contribution in [0.2, 0.25) is 0 Å². The number of benzene rings is 1. The van der Waals surface area contributed by atoms with Crippen molar-refractivity contribution in [2.75, 3.05) is 20.7 Å². The van der Waals surface area contributed by atoms with Gasteiger partial charge in [-0.25, -0.2) is 9.78 Å². The van der Waals surface area contributed by atoms with E-state index in [0.717, 1.165) is 27.7 Å². The minimum absolute atomic E-state index is 0.0539. The second-order valence-electron chi connectivity index (χ2n) is 8.80. The summed E-state index contributed by atoms with van der Waals surface area (Å²) in [5.74, 6) is -1.32. The summed E-state index contributed by atoms with van der Waals surface area (Å²) in [6, 6.07) is 4.97. The van der Waals surface area contributed by atoms with Gasteiger partial charge in [0.15, 0.2) is 5.60 Å². The first-order valence-electron chi connectivity index (χ1n) is 10.5.